The van der Waals surface area contributed by atoms with Crippen molar-refractivity contribution < 1.29 is 38.7 Å². The van der Waals surface area contributed by atoms with Gasteiger partial charge in [0.15, 0.2) is 0 Å². The molecule has 0 aliphatic heterocycles. The Bertz CT molecular complexity index is 1500. The van der Waals surface area contributed by atoms with E-state index in [-0.39, 0.29) is 37.5 Å². The molecule has 11 N–H and O–H groups in total. The van der Waals surface area contributed by atoms with Gasteiger partial charge in [-0.2, -0.15) is 0 Å². The first-order chi connectivity index (χ1) is 24.7. The highest BCUT2D eigenvalue weighted by Crippen LogP contribution is 2.13. The van der Waals surface area contributed by atoms with Gasteiger partial charge in [-0.3, -0.25) is 28.8 Å². The molecule has 2 aromatic carbocycles. The molecule has 52 heavy (non-hydrogen) atoms. The van der Waals surface area contributed by atoms with Crippen LogP contribution in [-0.4, -0.2) is 70.7 Å². The lowest BCUT2D eigenvalue weighted by Crippen LogP contribution is -2.55. The van der Waals surface area contributed by atoms with Crippen molar-refractivity contribution in [2.24, 2.45) is 17.4 Å². The second-order valence-electron chi connectivity index (χ2n) is 13.0. The molecule has 0 fully saturated rings. The van der Waals surface area contributed by atoms with Crippen LogP contribution in [0, 0.1) is 5.92 Å². The first-order valence-electron chi connectivity index (χ1n) is 17.6. The number of hydrogen-bond donors (Lipinski definition) is 8. The number of rotatable bonds is 24. The number of nitrogens with one attached hydrogen (secondary N) is 4. The quantitative estimate of drug-likeness (QED) is 0.0571. The summed E-state index contributed by atoms with van der Waals surface area (Å²) in [6, 6.07) is 11.1. The molecule has 0 saturated carbocycles. The van der Waals surface area contributed by atoms with Crippen molar-refractivity contribution in [2.75, 3.05) is 5.73 Å². The Hall–Kier alpha value is -5.47. The zero-order chi connectivity index (χ0) is 38.6. The third-order valence-electron chi connectivity index (χ3n) is 8.65. The normalized spacial score (nSPS) is 13.7. The molecule has 284 valence electrons. The highest BCUT2D eigenvalue weighted by Gasteiger charge is 2.30. The zero-order valence-corrected chi connectivity index (χ0v) is 29.9. The van der Waals surface area contributed by atoms with Crippen LogP contribution in [-0.2, 0) is 46.4 Å². The van der Waals surface area contributed by atoms with E-state index in [4.69, 9.17) is 17.2 Å². The van der Waals surface area contributed by atoms with Gasteiger partial charge in [0.1, 0.15) is 24.2 Å². The van der Waals surface area contributed by atoms with Crippen molar-refractivity contribution in [2.45, 2.75) is 109 Å². The van der Waals surface area contributed by atoms with Crippen LogP contribution in [0.5, 0.6) is 0 Å². The van der Waals surface area contributed by atoms with E-state index in [1.807, 2.05) is 13.8 Å². The van der Waals surface area contributed by atoms with Gasteiger partial charge >= 0.3 is 5.97 Å². The Labute approximate surface area is 304 Å². The van der Waals surface area contributed by atoms with Crippen molar-refractivity contribution in [1.82, 2.24) is 21.3 Å². The van der Waals surface area contributed by atoms with Crippen molar-refractivity contribution >= 4 is 47.1 Å². The number of primary amides is 2. The summed E-state index contributed by atoms with van der Waals surface area (Å²) in [6.45, 7) is 3.73. The second-order valence-corrected chi connectivity index (χ2v) is 13.0. The molecular formula is C37H53N7O8. The third-order valence-corrected chi connectivity index (χ3v) is 8.65. The molecule has 0 heterocycles. The van der Waals surface area contributed by atoms with Crippen LogP contribution in [0.25, 0.3) is 0 Å². The van der Waals surface area contributed by atoms with Gasteiger partial charge in [0.05, 0.1) is 6.42 Å². The SMILES string of the molecule is CC[C@@H](C)[C@H](NC(=O)CCCCCCCC(=O)N[C@@H](CC(N)=O)C(=O)N[C@@H](Cc1ccccc1)C(=O)O)C(=O)N[C@@H](Cc1ccc(N)cc1)C(N)=O. The fourth-order valence-corrected chi connectivity index (χ4v) is 5.42. The monoisotopic (exact) mass is 723 g/mol. The Morgan fingerprint density at radius 3 is 1.71 bits per heavy atom. The summed E-state index contributed by atoms with van der Waals surface area (Å²) in [5.74, 6) is -5.12. The second kappa shape index (κ2) is 22.4. The summed E-state index contributed by atoms with van der Waals surface area (Å²) < 4.78 is 0. The van der Waals surface area contributed by atoms with E-state index in [0.29, 0.717) is 49.8 Å². The Morgan fingerprint density at radius 2 is 1.17 bits per heavy atom. The van der Waals surface area contributed by atoms with E-state index < -0.39 is 66.1 Å². The van der Waals surface area contributed by atoms with Crippen LogP contribution < -0.4 is 38.5 Å². The highest BCUT2D eigenvalue weighted by atomic mass is 16.4. The van der Waals surface area contributed by atoms with Gasteiger partial charge in [-0.05, 0) is 42.0 Å². The number of carboxylic acid groups (broad SMARTS) is 1. The van der Waals surface area contributed by atoms with Crippen molar-refractivity contribution in [3.8, 4) is 0 Å². The molecule has 6 amide bonds. The Kier molecular flexibility index (Phi) is 18.4. The van der Waals surface area contributed by atoms with E-state index >= 15 is 0 Å². The first-order valence-corrected chi connectivity index (χ1v) is 17.6. The largest absolute Gasteiger partial charge is 0.480 e. The fraction of sp³-hybridized carbons (Fsp3) is 0.486. The predicted molar refractivity (Wildman–Crippen MR) is 195 cm³/mol. The zero-order valence-electron chi connectivity index (χ0n) is 29.9. The number of anilines is 1. The molecule has 0 unspecified atom stereocenters. The van der Waals surface area contributed by atoms with Gasteiger partial charge in [-0.1, -0.05) is 82.0 Å². The standard InChI is InChI=1S/C37H53N7O8/c1-3-23(2)33(36(50)42-27(34(40)48)20-25-16-18-26(38)19-17-25)44-32(47)15-11-6-4-5-10-14-31(46)41-28(22-30(39)45)35(49)43-29(37(51)52)21-24-12-8-7-9-13-24/h7-9,12-13,16-19,23,27-29,33H,3-6,10-11,14-15,20-22,38H2,1-2H3,(H2,39,45)(H2,40,48)(H,41,46)(H,42,50)(H,43,49)(H,44,47)(H,51,52)/t23-,27+,28+,29+,33+/m1/s1. The molecule has 0 aliphatic rings. The van der Waals surface area contributed by atoms with E-state index in [9.17, 15) is 38.7 Å². The van der Waals surface area contributed by atoms with Crippen LogP contribution in [0.15, 0.2) is 54.6 Å². The molecule has 15 nitrogen and oxygen atoms in total. The number of unbranched alkanes of at least 4 members (excludes halogenated alkanes) is 4. The lowest BCUT2D eigenvalue weighted by Gasteiger charge is -2.26. The van der Waals surface area contributed by atoms with Gasteiger partial charge < -0.3 is 43.6 Å². The predicted octanol–water partition coefficient (Wildman–Crippen LogP) is 1.22. The Balaban J connectivity index is 1.77. The minimum Gasteiger partial charge on any atom is -0.480 e. The maximum atomic E-state index is 13.2. The summed E-state index contributed by atoms with van der Waals surface area (Å²) in [4.78, 5) is 86.9. The van der Waals surface area contributed by atoms with Crippen LogP contribution in [0.1, 0.15) is 82.8 Å². The summed E-state index contributed by atoms with van der Waals surface area (Å²) in [6.07, 6.45) is 3.61. The van der Waals surface area contributed by atoms with Gasteiger partial charge in [0.25, 0.3) is 0 Å². The lowest BCUT2D eigenvalue weighted by molar-refractivity contribution is -0.142. The van der Waals surface area contributed by atoms with Crippen LogP contribution >= 0.6 is 0 Å². The topological polar surface area (TPSA) is 266 Å². The number of nitrogen functional groups attached to an aromatic ring is 1. The third kappa shape index (κ3) is 16.0. The molecule has 0 radical (unpaired) electrons. The number of hydrogen-bond acceptors (Lipinski definition) is 8. The molecule has 0 saturated heterocycles. The van der Waals surface area contributed by atoms with E-state index in [0.717, 1.165) is 5.56 Å². The molecule has 0 bridgehead atoms. The fourth-order valence-electron chi connectivity index (χ4n) is 5.42. The summed E-state index contributed by atoms with van der Waals surface area (Å²) in [5.41, 5.74) is 18.6. The number of aliphatic carboxylic acids is 1. The number of carbonyl (C=O) groups excluding carboxylic acids is 6. The average molecular weight is 724 g/mol. The van der Waals surface area contributed by atoms with Gasteiger partial charge in [0.2, 0.25) is 35.4 Å². The number of carbonyl (C=O) groups is 7. The van der Waals surface area contributed by atoms with Crippen molar-refractivity contribution in [1.29, 1.82) is 0 Å². The number of amides is 6. The molecule has 15 heteroatoms. The first kappa shape index (κ1) is 42.7. The maximum Gasteiger partial charge on any atom is 0.326 e. The lowest BCUT2D eigenvalue weighted by atomic mass is 9.97. The molecule has 5 atom stereocenters. The van der Waals surface area contributed by atoms with Crippen LogP contribution in [0.4, 0.5) is 5.69 Å². The summed E-state index contributed by atoms with van der Waals surface area (Å²) >= 11 is 0. The smallest absolute Gasteiger partial charge is 0.326 e. The summed E-state index contributed by atoms with van der Waals surface area (Å²) in [7, 11) is 0. The molecule has 2 aromatic rings. The molecule has 0 aromatic heterocycles. The van der Waals surface area contributed by atoms with Gasteiger partial charge in [-0.25, -0.2) is 4.79 Å². The van der Waals surface area contributed by atoms with Crippen molar-refractivity contribution in [3.05, 3.63) is 65.7 Å². The van der Waals surface area contributed by atoms with E-state index in [1.165, 1.54) is 0 Å². The number of benzene rings is 2. The minimum absolute atomic E-state index is 0.0119. The number of nitrogens with two attached hydrogens (primary N) is 3. The van der Waals surface area contributed by atoms with E-state index in [1.54, 1.807) is 54.6 Å². The Morgan fingerprint density at radius 1 is 0.654 bits per heavy atom. The van der Waals surface area contributed by atoms with Crippen molar-refractivity contribution in [3.63, 3.8) is 0 Å². The average Bonchev–Trinajstić information content (AvgIpc) is 3.09. The van der Waals surface area contributed by atoms with Crippen LogP contribution in [0.3, 0.4) is 0 Å². The van der Waals surface area contributed by atoms with Gasteiger partial charge in [-0.15, -0.1) is 0 Å². The summed E-state index contributed by atoms with van der Waals surface area (Å²) in [5, 5.41) is 20.0. The van der Waals surface area contributed by atoms with Gasteiger partial charge in [0, 0.05) is 31.4 Å². The molecule has 0 aliphatic carbocycles. The van der Waals surface area contributed by atoms with Crippen LogP contribution in [0.2, 0.25) is 0 Å². The molecule has 2 rings (SSSR count). The molecular weight excluding hydrogens is 670 g/mol. The highest BCUT2D eigenvalue weighted by molar-refractivity contribution is 5.94. The number of carboxylic acids is 1. The molecule has 0 spiro atoms. The van der Waals surface area contributed by atoms with E-state index in [2.05, 4.69) is 21.3 Å². The maximum absolute atomic E-state index is 13.2. The minimum atomic E-state index is -1.33.